The summed E-state index contributed by atoms with van der Waals surface area (Å²) < 4.78 is 0. The molecule has 0 atom stereocenters. The van der Waals surface area contributed by atoms with Crippen LogP contribution in [0.15, 0.2) is 12.1 Å². The van der Waals surface area contributed by atoms with Gasteiger partial charge in [0.05, 0.1) is 17.5 Å². The number of anilines is 1. The predicted molar refractivity (Wildman–Crippen MR) is 84.4 cm³/mol. The molecular weight excluding hydrogens is 288 g/mol. The highest BCUT2D eigenvalue weighted by atomic mass is 35.5. The maximum Gasteiger partial charge on any atom is 0.274 e. The average Bonchev–Trinajstić information content (AvgIpc) is 2.46. The second kappa shape index (κ2) is 8.48. The Morgan fingerprint density at radius 3 is 2.81 bits per heavy atom. The summed E-state index contributed by atoms with van der Waals surface area (Å²) in [7, 11) is 0. The monoisotopic (exact) mass is 308 g/mol. The minimum absolute atomic E-state index is 0.0176. The van der Waals surface area contributed by atoms with E-state index >= 15 is 0 Å². The zero-order chi connectivity index (χ0) is 15.8. The molecule has 0 unspecified atom stereocenters. The fourth-order valence-corrected chi connectivity index (χ4v) is 2.03. The fraction of sp³-hybridized carbons (Fsp3) is 0.533. The zero-order valence-electron chi connectivity index (χ0n) is 12.7. The maximum atomic E-state index is 12.6. The Morgan fingerprint density at radius 2 is 2.24 bits per heavy atom. The highest BCUT2D eigenvalue weighted by Gasteiger charge is 2.22. The Kier molecular flexibility index (Phi) is 6.97. The SMILES string of the molecule is CCCNc1ccc(Cl)c(C(=O)N(CCC#N)C(C)C)n1. The summed E-state index contributed by atoms with van der Waals surface area (Å²) in [5, 5.41) is 12.2. The Morgan fingerprint density at radius 1 is 1.52 bits per heavy atom. The van der Waals surface area contributed by atoms with Gasteiger partial charge in [0.25, 0.3) is 5.91 Å². The van der Waals surface area contributed by atoms with Gasteiger partial charge in [0.15, 0.2) is 0 Å². The van der Waals surface area contributed by atoms with Gasteiger partial charge in [-0.3, -0.25) is 4.79 Å². The van der Waals surface area contributed by atoms with Crippen LogP contribution in [-0.4, -0.2) is 34.9 Å². The Labute approximate surface area is 130 Å². The largest absolute Gasteiger partial charge is 0.370 e. The number of carbonyl (C=O) groups is 1. The number of aromatic nitrogens is 1. The van der Waals surface area contributed by atoms with E-state index in [1.807, 2.05) is 13.8 Å². The van der Waals surface area contributed by atoms with Gasteiger partial charge in [-0.25, -0.2) is 4.98 Å². The van der Waals surface area contributed by atoms with Crippen molar-refractivity contribution >= 4 is 23.3 Å². The molecule has 0 aliphatic carbocycles. The maximum absolute atomic E-state index is 12.6. The molecule has 1 aromatic heterocycles. The highest BCUT2D eigenvalue weighted by molar-refractivity contribution is 6.33. The van der Waals surface area contributed by atoms with E-state index in [0.29, 0.717) is 17.4 Å². The Bertz CT molecular complexity index is 525. The molecule has 1 N–H and O–H groups in total. The average molecular weight is 309 g/mol. The van der Waals surface area contributed by atoms with Gasteiger partial charge in [-0.2, -0.15) is 5.26 Å². The van der Waals surface area contributed by atoms with E-state index in [-0.39, 0.29) is 24.1 Å². The van der Waals surface area contributed by atoms with Crippen molar-refractivity contribution in [3.8, 4) is 6.07 Å². The number of hydrogen-bond donors (Lipinski definition) is 1. The summed E-state index contributed by atoms with van der Waals surface area (Å²) in [6, 6.07) is 5.46. The van der Waals surface area contributed by atoms with E-state index in [0.717, 1.165) is 13.0 Å². The van der Waals surface area contributed by atoms with Crippen LogP contribution in [0.25, 0.3) is 0 Å². The first kappa shape index (κ1) is 17.3. The second-order valence-electron chi connectivity index (χ2n) is 4.95. The molecule has 0 aliphatic heterocycles. The molecule has 0 spiro atoms. The number of pyridine rings is 1. The van der Waals surface area contributed by atoms with Crippen molar-refractivity contribution in [3.63, 3.8) is 0 Å². The summed E-state index contributed by atoms with van der Waals surface area (Å²) in [6.45, 7) is 7.02. The van der Waals surface area contributed by atoms with Gasteiger partial charge in [0.2, 0.25) is 0 Å². The molecule has 0 bridgehead atoms. The van der Waals surface area contributed by atoms with Gasteiger partial charge in [-0.1, -0.05) is 18.5 Å². The fourth-order valence-electron chi connectivity index (χ4n) is 1.84. The lowest BCUT2D eigenvalue weighted by Crippen LogP contribution is -2.38. The topological polar surface area (TPSA) is 69.0 Å². The van der Waals surface area contributed by atoms with Crippen molar-refractivity contribution in [1.82, 2.24) is 9.88 Å². The number of nitrogens with zero attached hydrogens (tertiary/aromatic N) is 3. The molecule has 5 nitrogen and oxygen atoms in total. The predicted octanol–water partition coefficient (Wildman–Crippen LogP) is 3.32. The summed E-state index contributed by atoms with van der Waals surface area (Å²) in [5.41, 5.74) is 0.226. The number of halogens is 1. The molecule has 1 heterocycles. The normalized spacial score (nSPS) is 10.3. The van der Waals surface area contributed by atoms with E-state index in [9.17, 15) is 4.79 Å². The quantitative estimate of drug-likeness (QED) is 0.839. The van der Waals surface area contributed by atoms with Gasteiger partial charge in [0.1, 0.15) is 11.5 Å². The van der Waals surface area contributed by atoms with Crippen molar-refractivity contribution in [2.24, 2.45) is 0 Å². The van der Waals surface area contributed by atoms with Gasteiger partial charge >= 0.3 is 0 Å². The third-order valence-electron chi connectivity index (χ3n) is 2.95. The molecule has 0 saturated carbocycles. The molecule has 1 aromatic rings. The molecule has 0 radical (unpaired) electrons. The van der Waals surface area contributed by atoms with Crippen LogP contribution in [0.5, 0.6) is 0 Å². The van der Waals surface area contributed by atoms with Gasteiger partial charge < -0.3 is 10.2 Å². The summed E-state index contributed by atoms with van der Waals surface area (Å²) in [6.07, 6.45) is 1.25. The molecule has 1 rings (SSSR count). The number of rotatable bonds is 7. The number of hydrogen-bond acceptors (Lipinski definition) is 4. The molecule has 0 aliphatic rings. The van der Waals surface area contributed by atoms with Crippen LogP contribution in [0.3, 0.4) is 0 Å². The molecule has 114 valence electrons. The van der Waals surface area contributed by atoms with E-state index in [1.165, 1.54) is 0 Å². The molecule has 21 heavy (non-hydrogen) atoms. The lowest BCUT2D eigenvalue weighted by Gasteiger charge is -2.26. The van der Waals surface area contributed by atoms with Crippen LogP contribution in [0.2, 0.25) is 5.02 Å². The van der Waals surface area contributed by atoms with E-state index < -0.39 is 0 Å². The summed E-state index contributed by atoms with van der Waals surface area (Å²) >= 11 is 6.11. The van der Waals surface area contributed by atoms with Crippen molar-refractivity contribution in [2.75, 3.05) is 18.4 Å². The summed E-state index contributed by atoms with van der Waals surface area (Å²) in [4.78, 5) is 18.5. The zero-order valence-corrected chi connectivity index (χ0v) is 13.4. The lowest BCUT2D eigenvalue weighted by molar-refractivity contribution is 0.0704. The minimum atomic E-state index is -0.245. The molecule has 0 fully saturated rings. The van der Waals surface area contributed by atoms with Gasteiger partial charge in [-0.15, -0.1) is 0 Å². The Balaban J connectivity index is 3.00. The molecule has 0 saturated heterocycles. The number of amides is 1. The van der Waals surface area contributed by atoms with E-state index in [1.54, 1.807) is 17.0 Å². The van der Waals surface area contributed by atoms with Crippen molar-refractivity contribution in [2.45, 2.75) is 39.7 Å². The van der Waals surface area contributed by atoms with Crippen molar-refractivity contribution < 1.29 is 4.79 Å². The highest BCUT2D eigenvalue weighted by Crippen LogP contribution is 2.19. The minimum Gasteiger partial charge on any atom is -0.370 e. The first-order chi connectivity index (χ1) is 10.0. The summed E-state index contributed by atoms with van der Waals surface area (Å²) in [5.74, 6) is 0.388. The van der Waals surface area contributed by atoms with Crippen LogP contribution in [-0.2, 0) is 0 Å². The molecule has 1 amide bonds. The first-order valence-corrected chi connectivity index (χ1v) is 7.47. The van der Waals surface area contributed by atoms with Crippen LogP contribution in [0.4, 0.5) is 5.82 Å². The van der Waals surface area contributed by atoms with Gasteiger partial charge in [0, 0.05) is 19.1 Å². The van der Waals surface area contributed by atoms with Crippen molar-refractivity contribution in [3.05, 3.63) is 22.8 Å². The van der Waals surface area contributed by atoms with Gasteiger partial charge in [-0.05, 0) is 32.4 Å². The van der Waals surface area contributed by atoms with E-state index in [2.05, 4.69) is 23.3 Å². The lowest BCUT2D eigenvalue weighted by atomic mass is 10.2. The Hall–Kier alpha value is -1.80. The van der Waals surface area contributed by atoms with Crippen LogP contribution in [0.1, 0.15) is 44.1 Å². The third kappa shape index (κ3) is 4.91. The molecular formula is C15H21ClN4O. The van der Waals surface area contributed by atoms with Crippen LogP contribution >= 0.6 is 11.6 Å². The second-order valence-corrected chi connectivity index (χ2v) is 5.36. The van der Waals surface area contributed by atoms with E-state index in [4.69, 9.17) is 16.9 Å². The standard InChI is InChI=1S/C15H21ClN4O/c1-4-9-18-13-7-6-12(16)14(19-13)15(21)20(11(2)3)10-5-8-17/h6-7,11H,4-5,9-10H2,1-3H3,(H,18,19). The third-order valence-corrected chi connectivity index (χ3v) is 3.26. The first-order valence-electron chi connectivity index (χ1n) is 7.09. The number of nitriles is 1. The number of carbonyl (C=O) groups excluding carboxylic acids is 1. The van der Waals surface area contributed by atoms with Crippen LogP contribution in [0, 0.1) is 11.3 Å². The smallest absolute Gasteiger partial charge is 0.274 e. The van der Waals surface area contributed by atoms with Crippen LogP contribution < -0.4 is 5.32 Å². The molecule has 0 aromatic carbocycles. The number of nitrogens with one attached hydrogen (secondary N) is 1. The molecule has 6 heteroatoms. The van der Waals surface area contributed by atoms with Crippen molar-refractivity contribution in [1.29, 1.82) is 5.26 Å².